The minimum Gasteiger partial charge on any atom is -0.481 e. The molecular formula is C53H52N8O11S. The Morgan fingerprint density at radius 3 is 2.33 bits per heavy atom. The fraction of sp³-hybridized carbons (Fsp3) is 0.245. The number of aryl methyl sites for hydroxylation is 1. The zero-order valence-corrected chi connectivity index (χ0v) is 41.0. The lowest BCUT2D eigenvalue weighted by Crippen LogP contribution is -2.53. The molecule has 0 fully saturated rings. The highest BCUT2D eigenvalue weighted by Crippen LogP contribution is 2.41. The number of nitrogens with one attached hydrogen (secondary N) is 5. The van der Waals surface area contributed by atoms with Gasteiger partial charge in [0.1, 0.15) is 12.6 Å². The Bertz CT molecular complexity index is 3400. The number of hydrogen-bond donors (Lipinski definition) is 6. The number of H-pyrrole nitrogens is 1. The summed E-state index contributed by atoms with van der Waals surface area (Å²) in [6, 6.07) is 29.2. The predicted octanol–water partition coefficient (Wildman–Crippen LogP) is 6.47. The fourth-order valence-electron chi connectivity index (χ4n) is 8.65. The molecule has 3 atom stereocenters. The first kappa shape index (κ1) is 50.9. The fourth-order valence-corrected chi connectivity index (χ4v) is 9.87. The SMILES string of the molecule is CCC1(OC(=O)C(NC(=O)CNC(=O)Nc2cccc(-c3ccc(S(=O)(=O)NC(CC(=O)O)c4ccccc4)cc3)c2)C(C)C)C(=O)OCc2c1cc1n(c2=O)Cc2cc3ccccc3nc2-1.Cc1cnc[nH]1. The highest BCUT2D eigenvalue weighted by Gasteiger charge is 2.51. The molecule has 9 rings (SSSR count). The standard InChI is InChI=1S/C49H46N6O11S.C4H6N2/c1-4-49(37-23-40-44-33(21-32-13-8-9-16-38(32)52-44)26-55(40)45(59)36(37)27-65-47(49)61)66-46(60)43(28(2)3)53-41(56)25-50-48(62)51-34-15-10-14-31(22-34)29-17-19-35(20-18-29)67(63,64)54-39(24-42(57)58)30-11-6-5-7-12-30;1-4-2-5-3-6-4/h5-23,28,39,43,54H,4,24-27H2,1-3H3,(H,53,56)(H,57,58)(H2,50,51,62);2-3H,1H3,(H,5,6). The van der Waals surface area contributed by atoms with E-state index in [1.165, 1.54) is 12.1 Å². The van der Waals surface area contributed by atoms with Gasteiger partial charge in [0.25, 0.3) is 5.56 Å². The molecule has 0 saturated heterocycles. The number of carbonyl (C=O) groups excluding carboxylic acids is 4. The lowest BCUT2D eigenvalue weighted by atomic mass is 9.85. The number of imidazole rings is 1. The molecule has 73 heavy (non-hydrogen) atoms. The Balaban J connectivity index is 0.00000110. The molecule has 5 heterocycles. The van der Waals surface area contributed by atoms with Crippen LogP contribution in [0.1, 0.15) is 67.6 Å². The third-order valence-electron chi connectivity index (χ3n) is 12.4. The first-order chi connectivity index (χ1) is 35.0. The van der Waals surface area contributed by atoms with E-state index in [1.807, 2.05) is 37.3 Å². The van der Waals surface area contributed by atoms with Gasteiger partial charge in [0, 0.05) is 34.1 Å². The van der Waals surface area contributed by atoms with Crippen molar-refractivity contribution in [3.63, 3.8) is 0 Å². The zero-order valence-electron chi connectivity index (χ0n) is 40.2. The molecule has 6 N–H and O–H groups in total. The number of urea groups is 1. The summed E-state index contributed by atoms with van der Waals surface area (Å²) >= 11 is 0. The van der Waals surface area contributed by atoms with E-state index in [4.69, 9.17) is 14.5 Å². The maximum Gasteiger partial charge on any atom is 0.355 e. The lowest BCUT2D eigenvalue weighted by molar-refractivity contribution is -0.191. The van der Waals surface area contributed by atoms with Gasteiger partial charge in [0.15, 0.2) is 0 Å². The molecule has 376 valence electrons. The van der Waals surface area contributed by atoms with Crippen molar-refractivity contribution < 1.29 is 47.0 Å². The summed E-state index contributed by atoms with van der Waals surface area (Å²) in [7, 11) is -4.12. The van der Waals surface area contributed by atoms with Gasteiger partial charge < -0.3 is 40.1 Å². The van der Waals surface area contributed by atoms with Crippen LogP contribution in [-0.4, -0.2) is 75.5 Å². The summed E-state index contributed by atoms with van der Waals surface area (Å²) < 4.78 is 42.1. The van der Waals surface area contributed by atoms with E-state index in [-0.39, 0.29) is 35.6 Å². The highest BCUT2D eigenvalue weighted by atomic mass is 32.2. The molecule has 4 aromatic carbocycles. The monoisotopic (exact) mass is 1010 g/mol. The molecule has 19 nitrogen and oxygen atoms in total. The molecule has 7 aromatic rings. The molecular weight excluding hydrogens is 957 g/mol. The molecule has 0 saturated carbocycles. The second kappa shape index (κ2) is 21.5. The second-order valence-corrected chi connectivity index (χ2v) is 19.5. The van der Waals surface area contributed by atoms with Gasteiger partial charge in [-0.05, 0) is 78.4 Å². The first-order valence-electron chi connectivity index (χ1n) is 23.3. The number of aromatic nitrogens is 4. The van der Waals surface area contributed by atoms with E-state index in [1.54, 1.807) is 111 Å². The number of para-hydroxylation sites is 1. The van der Waals surface area contributed by atoms with Crippen LogP contribution in [0.25, 0.3) is 33.4 Å². The van der Waals surface area contributed by atoms with Crippen molar-refractivity contribution in [2.45, 2.75) is 76.3 Å². The molecule has 0 bridgehead atoms. The van der Waals surface area contributed by atoms with Crippen LogP contribution >= 0.6 is 0 Å². The molecule has 3 unspecified atom stereocenters. The van der Waals surface area contributed by atoms with Crippen LogP contribution in [0.2, 0.25) is 0 Å². The van der Waals surface area contributed by atoms with Gasteiger partial charge in [-0.3, -0.25) is 14.4 Å². The number of nitrogens with zero attached hydrogens (tertiary/aromatic N) is 3. The van der Waals surface area contributed by atoms with Crippen molar-refractivity contribution in [2.24, 2.45) is 5.92 Å². The minimum atomic E-state index is -4.12. The lowest BCUT2D eigenvalue weighted by Gasteiger charge is -2.37. The molecule has 2 aliphatic heterocycles. The van der Waals surface area contributed by atoms with E-state index in [9.17, 15) is 42.3 Å². The second-order valence-electron chi connectivity index (χ2n) is 17.8. The Labute approximate surface area is 419 Å². The van der Waals surface area contributed by atoms with Gasteiger partial charge in [-0.1, -0.05) is 93.6 Å². The number of ether oxygens (including phenoxy) is 2. The number of pyridine rings is 2. The Hall–Kier alpha value is -8.49. The summed E-state index contributed by atoms with van der Waals surface area (Å²) in [6.07, 6.45) is 2.90. The molecule has 3 amide bonds. The van der Waals surface area contributed by atoms with Crippen LogP contribution in [-0.2, 0) is 57.4 Å². The number of esters is 2. The van der Waals surface area contributed by atoms with E-state index in [0.29, 0.717) is 33.8 Å². The van der Waals surface area contributed by atoms with Crippen LogP contribution in [0, 0.1) is 12.8 Å². The Morgan fingerprint density at radius 2 is 1.66 bits per heavy atom. The Kier molecular flexibility index (Phi) is 15.0. The van der Waals surface area contributed by atoms with Gasteiger partial charge in [-0.2, -0.15) is 0 Å². The number of carbonyl (C=O) groups is 5. The van der Waals surface area contributed by atoms with Gasteiger partial charge in [-0.15, -0.1) is 0 Å². The number of sulfonamides is 1. The number of anilines is 1. The summed E-state index contributed by atoms with van der Waals surface area (Å²) in [5, 5.41) is 18.0. The predicted molar refractivity (Wildman–Crippen MR) is 269 cm³/mol. The van der Waals surface area contributed by atoms with Crippen molar-refractivity contribution >= 4 is 56.5 Å². The third-order valence-corrected chi connectivity index (χ3v) is 13.9. The number of carboxylic acid groups (broad SMARTS) is 1. The first-order valence-corrected chi connectivity index (χ1v) is 24.8. The Morgan fingerprint density at radius 1 is 0.918 bits per heavy atom. The largest absolute Gasteiger partial charge is 0.481 e. The average Bonchev–Trinajstić information content (AvgIpc) is 4.01. The van der Waals surface area contributed by atoms with E-state index < -0.39 is 82.0 Å². The van der Waals surface area contributed by atoms with Crippen molar-refractivity contribution in [1.29, 1.82) is 0 Å². The highest BCUT2D eigenvalue weighted by molar-refractivity contribution is 7.89. The summed E-state index contributed by atoms with van der Waals surface area (Å²) in [5.74, 6) is -4.24. The van der Waals surface area contributed by atoms with Crippen molar-refractivity contribution in [1.82, 2.24) is 34.9 Å². The molecule has 0 spiro atoms. The minimum absolute atomic E-state index is 0.0766. The van der Waals surface area contributed by atoms with Gasteiger partial charge in [-0.25, -0.2) is 37.5 Å². The maximum atomic E-state index is 14.0. The van der Waals surface area contributed by atoms with Crippen molar-refractivity contribution in [3.8, 4) is 22.5 Å². The molecule has 0 aliphatic carbocycles. The van der Waals surface area contributed by atoms with Gasteiger partial charge in [0.05, 0.1) is 59.2 Å². The normalized spacial score (nSPS) is 15.3. The quantitative estimate of drug-likeness (QED) is 0.0602. The smallest absolute Gasteiger partial charge is 0.355 e. The summed E-state index contributed by atoms with van der Waals surface area (Å²) in [6.45, 7) is 6.35. The average molecular weight is 1010 g/mol. The zero-order chi connectivity index (χ0) is 52.0. The molecule has 20 heteroatoms. The van der Waals surface area contributed by atoms with Crippen molar-refractivity contribution in [2.75, 3.05) is 11.9 Å². The van der Waals surface area contributed by atoms with Crippen LogP contribution < -0.4 is 26.2 Å². The van der Waals surface area contributed by atoms with Crippen LogP contribution in [0.5, 0.6) is 0 Å². The van der Waals surface area contributed by atoms with Gasteiger partial charge in [0.2, 0.25) is 21.5 Å². The summed E-state index contributed by atoms with van der Waals surface area (Å²) in [5.41, 5.74) is 3.76. The van der Waals surface area contributed by atoms with Crippen LogP contribution in [0.15, 0.2) is 137 Å². The van der Waals surface area contributed by atoms with Crippen molar-refractivity contribution in [3.05, 3.63) is 166 Å². The van der Waals surface area contributed by atoms with Crippen LogP contribution in [0.3, 0.4) is 0 Å². The molecule has 0 radical (unpaired) electrons. The number of aliphatic carboxylic acids is 1. The number of cyclic esters (lactones) is 1. The van der Waals surface area contributed by atoms with E-state index >= 15 is 0 Å². The molecule has 3 aromatic heterocycles. The number of fused-ring (bicyclic) bond motifs is 5. The number of aromatic amines is 1. The van der Waals surface area contributed by atoms with Gasteiger partial charge >= 0.3 is 23.9 Å². The maximum absolute atomic E-state index is 14.0. The topological polar surface area (TPSA) is 270 Å². The van der Waals surface area contributed by atoms with E-state index in [2.05, 4.69) is 30.6 Å². The van der Waals surface area contributed by atoms with E-state index in [0.717, 1.165) is 22.2 Å². The molecule has 2 aliphatic rings. The van der Waals surface area contributed by atoms with Crippen LogP contribution in [0.4, 0.5) is 10.5 Å². The third kappa shape index (κ3) is 11.2. The number of hydrogen-bond acceptors (Lipinski definition) is 12. The number of benzene rings is 4. The number of rotatable bonds is 15. The number of carboxylic acids is 1. The summed E-state index contributed by atoms with van der Waals surface area (Å²) in [4.78, 5) is 90.8. The number of amides is 3.